The number of ether oxygens (including phenoxy) is 11. The first-order valence-corrected chi connectivity index (χ1v) is 21.9. The number of rotatable bonds is 22. The van der Waals surface area contributed by atoms with E-state index in [2.05, 4.69) is 12.5 Å². The third-order valence-corrected chi connectivity index (χ3v) is 11.6. The zero-order valence-electron chi connectivity index (χ0n) is 31.5. The molecular weight excluding hydrogens is 889 g/mol. The summed E-state index contributed by atoms with van der Waals surface area (Å²) in [4.78, 5) is 12.9. The van der Waals surface area contributed by atoms with Gasteiger partial charge in [-0.15, -0.1) is 0 Å². The van der Waals surface area contributed by atoms with E-state index < -0.39 is 158 Å². The minimum Gasteiger partial charge on any atom is -0.479 e. The van der Waals surface area contributed by atoms with Gasteiger partial charge in [0.25, 0.3) is 10.1 Å². The molecule has 0 aliphatic carbocycles. The quantitative estimate of drug-likeness (QED) is 0.0596. The van der Waals surface area contributed by atoms with Gasteiger partial charge in [0.2, 0.25) is 0 Å². The fraction of sp³-hybridized carbons (Fsp3) is 0.962. The number of hydrogen-bond donors (Lipinski definition) is 4. The number of methoxy groups -OCH3 is 6. The third-order valence-electron chi connectivity index (χ3n) is 8.94. The first kappa shape index (κ1) is 50.9. The van der Waals surface area contributed by atoms with Crippen LogP contribution in [0.4, 0.5) is 0 Å². The Morgan fingerprint density at radius 3 is 1.36 bits per heavy atom. The second kappa shape index (κ2) is 21.1. The van der Waals surface area contributed by atoms with Crippen LogP contribution < -0.4 is 0 Å². The van der Waals surface area contributed by atoms with Crippen molar-refractivity contribution in [2.24, 2.45) is 5.92 Å². The number of carboxylic acid groups (broad SMARTS) is 1. The van der Waals surface area contributed by atoms with Crippen molar-refractivity contribution in [3.8, 4) is 0 Å². The summed E-state index contributed by atoms with van der Waals surface area (Å²) in [6, 6.07) is 0. The summed E-state index contributed by atoms with van der Waals surface area (Å²) < 4.78 is 204. The molecular formula is C26H46O28S4. The highest BCUT2D eigenvalue weighted by atomic mass is 32.3. The summed E-state index contributed by atoms with van der Waals surface area (Å²) in [5.74, 6) is -4.92. The van der Waals surface area contributed by atoms with Crippen LogP contribution in [0.3, 0.4) is 0 Å². The van der Waals surface area contributed by atoms with E-state index in [4.69, 9.17) is 56.3 Å². The summed E-state index contributed by atoms with van der Waals surface area (Å²) in [7, 11) is -12.9. The molecule has 28 nitrogen and oxygen atoms in total. The van der Waals surface area contributed by atoms with Gasteiger partial charge in [-0.2, -0.15) is 33.7 Å². The Kier molecular flexibility index (Phi) is 18.5. The van der Waals surface area contributed by atoms with Crippen LogP contribution in [0, 0.1) is 5.92 Å². The highest BCUT2D eigenvalue weighted by molar-refractivity contribution is 7.86. The summed E-state index contributed by atoms with van der Waals surface area (Å²) in [6.45, 7) is -2.06. The zero-order chi connectivity index (χ0) is 44.0. The van der Waals surface area contributed by atoms with Gasteiger partial charge < -0.3 is 57.2 Å². The minimum absolute atomic E-state index is 0.736. The molecule has 3 aliphatic heterocycles. The molecule has 0 saturated carbocycles. The van der Waals surface area contributed by atoms with Crippen molar-refractivity contribution in [3.63, 3.8) is 0 Å². The van der Waals surface area contributed by atoms with Crippen LogP contribution in [0.25, 0.3) is 0 Å². The molecule has 0 bridgehead atoms. The van der Waals surface area contributed by atoms with Crippen molar-refractivity contribution in [2.75, 3.05) is 68.7 Å². The van der Waals surface area contributed by atoms with Crippen molar-refractivity contribution < 1.29 is 126 Å². The average Bonchev–Trinajstić information content (AvgIpc) is 3.12. The summed E-state index contributed by atoms with van der Waals surface area (Å²) in [5.41, 5.74) is 0. The monoisotopic (exact) mass is 934 g/mol. The topological polar surface area (TPSA) is 373 Å². The lowest BCUT2D eigenvalue weighted by atomic mass is 9.90. The van der Waals surface area contributed by atoms with Gasteiger partial charge in [-0.05, 0) is 0 Å². The van der Waals surface area contributed by atoms with Gasteiger partial charge >= 0.3 is 37.2 Å². The van der Waals surface area contributed by atoms with E-state index in [-0.39, 0.29) is 0 Å². The Balaban J connectivity index is 2.12. The molecule has 3 aliphatic rings. The lowest BCUT2D eigenvalue weighted by Crippen LogP contribution is -2.68. The maximum Gasteiger partial charge on any atom is 0.397 e. The van der Waals surface area contributed by atoms with Crippen LogP contribution in [0.15, 0.2) is 0 Å². The van der Waals surface area contributed by atoms with Crippen LogP contribution in [0.2, 0.25) is 0 Å². The van der Waals surface area contributed by atoms with Gasteiger partial charge in [0.05, 0.1) is 32.2 Å². The van der Waals surface area contributed by atoms with E-state index in [1.165, 1.54) is 21.3 Å². The van der Waals surface area contributed by atoms with Crippen LogP contribution in [-0.4, -0.2) is 213 Å². The Labute approximate surface area is 333 Å². The summed E-state index contributed by atoms with van der Waals surface area (Å²) in [5, 5.41) is 10.4. The predicted molar refractivity (Wildman–Crippen MR) is 180 cm³/mol. The lowest BCUT2D eigenvalue weighted by Gasteiger charge is -2.50. The van der Waals surface area contributed by atoms with E-state index >= 15 is 0 Å². The third kappa shape index (κ3) is 13.5. The average molecular weight is 935 g/mol. The van der Waals surface area contributed by atoms with Crippen molar-refractivity contribution in [3.05, 3.63) is 0 Å². The molecule has 15 atom stereocenters. The largest absolute Gasteiger partial charge is 0.479 e. The van der Waals surface area contributed by atoms with E-state index in [1.54, 1.807) is 0 Å². The molecule has 3 heterocycles. The second-order valence-electron chi connectivity index (χ2n) is 12.3. The lowest BCUT2D eigenvalue weighted by molar-refractivity contribution is -0.374. The van der Waals surface area contributed by atoms with Gasteiger partial charge in [-0.25, -0.2) is 17.3 Å². The van der Waals surface area contributed by atoms with Gasteiger partial charge in [-0.1, -0.05) is 0 Å². The van der Waals surface area contributed by atoms with Crippen molar-refractivity contribution in [2.45, 2.75) is 86.0 Å². The van der Waals surface area contributed by atoms with E-state index in [1.807, 2.05) is 0 Å². The fourth-order valence-corrected chi connectivity index (χ4v) is 8.69. The van der Waals surface area contributed by atoms with Gasteiger partial charge in [0.15, 0.2) is 25.0 Å². The van der Waals surface area contributed by atoms with Crippen LogP contribution in [-0.2, 0) is 115 Å². The molecule has 0 aromatic heterocycles. The first-order valence-electron chi connectivity index (χ1n) is 16.2. The minimum atomic E-state index is -5.45. The van der Waals surface area contributed by atoms with Crippen molar-refractivity contribution in [1.29, 1.82) is 0 Å². The fourth-order valence-electron chi connectivity index (χ4n) is 6.58. The molecule has 0 amide bonds. The molecule has 58 heavy (non-hydrogen) atoms. The number of carboxylic acids is 1. The Morgan fingerprint density at radius 2 is 0.948 bits per heavy atom. The van der Waals surface area contributed by atoms with Gasteiger partial charge in [0, 0.05) is 48.6 Å². The smallest absolute Gasteiger partial charge is 0.397 e. The SMILES string of the molecule is CO[C@H]1O[C@H](COS(=O)(=O)O)[C@@H](O[C@@H]2O[C@H](C(=O)O)[C@@H](O[C@H]3O[C@H](COS(=O)(=O)O)[C@@H](OC)[C@H](OC)[C@H]3OC)[C@H](OC)[C@H]2OC)[C@H](CS(=O)(=O)OC)[C@H]1OS(=O)(=O)O. The van der Waals surface area contributed by atoms with Crippen molar-refractivity contribution in [1.82, 2.24) is 0 Å². The normalized spacial score (nSPS) is 36.8. The highest BCUT2D eigenvalue weighted by Crippen LogP contribution is 2.39. The molecule has 3 fully saturated rings. The highest BCUT2D eigenvalue weighted by Gasteiger charge is 2.58. The molecule has 0 unspecified atom stereocenters. The number of carbonyl (C=O) groups is 1. The van der Waals surface area contributed by atoms with Gasteiger partial charge in [0.1, 0.15) is 54.9 Å². The molecule has 32 heteroatoms. The molecule has 4 N–H and O–H groups in total. The zero-order valence-corrected chi connectivity index (χ0v) is 34.8. The summed E-state index contributed by atoms with van der Waals surface area (Å²) >= 11 is 0. The first-order chi connectivity index (χ1) is 26.9. The van der Waals surface area contributed by atoms with Crippen LogP contribution in [0.5, 0.6) is 0 Å². The Morgan fingerprint density at radius 1 is 0.517 bits per heavy atom. The molecule has 0 aromatic rings. The van der Waals surface area contributed by atoms with Gasteiger partial charge in [-0.3, -0.25) is 17.8 Å². The van der Waals surface area contributed by atoms with E-state index in [0.717, 1.165) is 28.4 Å². The van der Waals surface area contributed by atoms with Crippen LogP contribution >= 0.6 is 0 Å². The molecule has 0 radical (unpaired) electrons. The summed E-state index contributed by atoms with van der Waals surface area (Å²) in [6.07, 6.45) is -23.7. The predicted octanol–water partition coefficient (Wildman–Crippen LogP) is -3.84. The van der Waals surface area contributed by atoms with Crippen LogP contribution in [0.1, 0.15) is 0 Å². The number of hydrogen-bond acceptors (Lipinski definition) is 24. The molecule has 0 spiro atoms. The maximum atomic E-state index is 12.9. The van der Waals surface area contributed by atoms with Crippen molar-refractivity contribution >= 4 is 47.3 Å². The molecule has 3 saturated heterocycles. The molecule has 3 rings (SSSR count). The number of aliphatic carboxylic acids is 1. The molecule has 0 aromatic carbocycles. The Bertz CT molecular complexity index is 1780. The standard InChI is InChI=1S/C26H46O28S4/c1-40-16-13(9-48-57(34,35)36)50-25(21(43-4)17(16)41-2)52-19-18(42-3)22(44-5)26(53-20(19)23(27)28)51-14-11(10-55(29,30)46-7)15(54-58(37,38)39)24(45-6)49-12(14)8-47-56(31,32)33/h11-22,24-26H,8-10H2,1-7H3,(H,27,28)(H,31,32,33)(H,34,35,36)(H,37,38,39)/t11-,12+,13+,14-,15+,16+,17-,18-,19-,20-,21+,22+,24-,25+,26+/m0/s1. The van der Waals surface area contributed by atoms with E-state index in [9.17, 15) is 57.2 Å². The second-order valence-corrected chi connectivity index (χ2v) is 17.3. The molecule has 342 valence electrons. The maximum absolute atomic E-state index is 12.9. The van der Waals surface area contributed by atoms with E-state index in [0.29, 0.717) is 0 Å². The Hall–Kier alpha value is -1.45.